The van der Waals surface area contributed by atoms with Crippen molar-refractivity contribution >= 4 is 5.91 Å². The number of hydrogen-bond donors (Lipinski definition) is 1. The lowest BCUT2D eigenvalue weighted by Crippen LogP contribution is -2.27. The van der Waals surface area contributed by atoms with Crippen molar-refractivity contribution in [1.29, 1.82) is 5.26 Å². The third kappa shape index (κ3) is 2.52. The van der Waals surface area contributed by atoms with Crippen molar-refractivity contribution in [3.05, 3.63) is 47.8 Å². The van der Waals surface area contributed by atoms with Gasteiger partial charge in [0, 0.05) is 25.6 Å². The van der Waals surface area contributed by atoms with Gasteiger partial charge in [0.15, 0.2) is 0 Å². The Morgan fingerprint density at radius 2 is 2.33 bits per heavy atom. The first-order valence-electron chi connectivity index (χ1n) is 5.30. The second kappa shape index (κ2) is 5.10. The number of pyridine rings is 1. The molecule has 0 aliphatic rings. The van der Waals surface area contributed by atoms with E-state index in [9.17, 15) is 4.79 Å². The minimum Gasteiger partial charge on any atom is -0.347 e. The highest BCUT2D eigenvalue weighted by molar-refractivity contribution is 5.92. The Kier molecular flexibility index (Phi) is 3.34. The van der Waals surface area contributed by atoms with Gasteiger partial charge in [-0.05, 0) is 12.1 Å². The molecule has 6 heteroatoms. The van der Waals surface area contributed by atoms with Crippen LogP contribution in [0.3, 0.4) is 0 Å². The number of aromatic nitrogens is 3. The van der Waals surface area contributed by atoms with E-state index in [1.807, 2.05) is 6.07 Å². The summed E-state index contributed by atoms with van der Waals surface area (Å²) in [6.07, 6.45) is 4.72. The summed E-state index contributed by atoms with van der Waals surface area (Å²) in [5, 5.41) is 8.65. The zero-order chi connectivity index (χ0) is 13.0. The van der Waals surface area contributed by atoms with E-state index in [1.54, 1.807) is 31.6 Å². The molecule has 0 spiro atoms. The lowest BCUT2D eigenvalue weighted by Gasteiger charge is -2.14. The number of nitrogens with one attached hydrogen (secondary N) is 1. The molecule has 0 fully saturated rings. The summed E-state index contributed by atoms with van der Waals surface area (Å²) < 4.78 is 0. The van der Waals surface area contributed by atoms with Crippen LogP contribution in [0.25, 0.3) is 0 Å². The van der Waals surface area contributed by atoms with Crippen molar-refractivity contribution in [2.24, 2.45) is 0 Å². The van der Waals surface area contributed by atoms with Gasteiger partial charge in [-0.3, -0.25) is 4.79 Å². The monoisotopic (exact) mass is 241 g/mol. The van der Waals surface area contributed by atoms with Gasteiger partial charge in [-0.15, -0.1) is 0 Å². The molecule has 2 aromatic rings. The number of H-pyrrole nitrogens is 1. The zero-order valence-corrected chi connectivity index (χ0v) is 9.79. The maximum atomic E-state index is 12.0. The van der Waals surface area contributed by atoms with Crippen molar-refractivity contribution in [2.45, 2.75) is 6.54 Å². The predicted octanol–water partition coefficient (Wildman–Crippen LogP) is 0.949. The van der Waals surface area contributed by atoms with E-state index >= 15 is 0 Å². The maximum Gasteiger partial charge on any atom is 0.272 e. The number of nitriles is 1. The molecule has 90 valence electrons. The van der Waals surface area contributed by atoms with Crippen LogP contribution in [0.15, 0.2) is 30.7 Å². The maximum absolute atomic E-state index is 12.0. The SMILES string of the molecule is CN(Cc1ncc[nH]1)C(=O)c1ccc(C#N)cn1. The normalized spacial score (nSPS) is 9.78. The molecule has 0 unspecified atom stereocenters. The molecule has 0 saturated carbocycles. The number of aromatic amines is 1. The van der Waals surface area contributed by atoms with Gasteiger partial charge in [-0.1, -0.05) is 0 Å². The number of rotatable bonds is 3. The van der Waals surface area contributed by atoms with E-state index in [2.05, 4.69) is 15.0 Å². The van der Waals surface area contributed by atoms with Gasteiger partial charge in [0.05, 0.1) is 12.1 Å². The van der Waals surface area contributed by atoms with Gasteiger partial charge >= 0.3 is 0 Å². The van der Waals surface area contributed by atoms with Crippen molar-refractivity contribution in [3.8, 4) is 6.07 Å². The third-order valence-corrected chi connectivity index (χ3v) is 2.40. The van der Waals surface area contributed by atoms with Gasteiger partial charge in [0.1, 0.15) is 17.6 Å². The lowest BCUT2D eigenvalue weighted by molar-refractivity contribution is 0.0776. The zero-order valence-electron chi connectivity index (χ0n) is 9.79. The molecule has 0 atom stereocenters. The van der Waals surface area contributed by atoms with E-state index in [4.69, 9.17) is 5.26 Å². The molecule has 0 bridgehead atoms. The van der Waals surface area contributed by atoms with Crippen LogP contribution < -0.4 is 0 Å². The van der Waals surface area contributed by atoms with E-state index in [-0.39, 0.29) is 5.91 Å². The minimum absolute atomic E-state index is 0.212. The van der Waals surface area contributed by atoms with E-state index in [0.717, 1.165) is 0 Å². The second-order valence-corrected chi connectivity index (χ2v) is 3.74. The summed E-state index contributed by atoms with van der Waals surface area (Å²) >= 11 is 0. The topological polar surface area (TPSA) is 85.7 Å². The van der Waals surface area contributed by atoms with Gasteiger partial charge in [0.25, 0.3) is 5.91 Å². The first kappa shape index (κ1) is 11.8. The standard InChI is InChI=1S/C12H11N5O/c1-17(8-11-14-4-5-15-11)12(18)10-3-2-9(6-13)7-16-10/h2-5,7H,8H2,1H3,(H,14,15). The summed E-state index contributed by atoms with van der Waals surface area (Å²) in [5.74, 6) is 0.496. The molecular formula is C12H11N5O. The van der Waals surface area contributed by atoms with E-state index < -0.39 is 0 Å². The number of carbonyl (C=O) groups excluding carboxylic acids is 1. The Balaban J connectivity index is 2.08. The van der Waals surface area contributed by atoms with Crippen LogP contribution >= 0.6 is 0 Å². The molecule has 1 N–H and O–H groups in total. The van der Waals surface area contributed by atoms with Gasteiger partial charge in [-0.2, -0.15) is 5.26 Å². The molecule has 0 aromatic carbocycles. The highest BCUT2D eigenvalue weighted by atomic mass is 16.2. The number of amides is 1. The van der Waals surface area contributed by atoms with Gasteiger partial charge in [0.2, 0.25) is 0 Å². The Labute approximate surface area is 104 Å². The molecule has 2 heterocycles. The van der Waals surface area contributed by atoms with Crippen molar-refractivity contribution < 1.29 is 4.79 Å². The molecule has 0 saturated heterocycles. The van der Waals surface area contributed by atoms with Crippen LogP contribution in [0.2, 0.25) is 0 Å². The summed E-state index contributed by atoms with van der Waals surface area (Å²) in [7, 11) is 1.67. The lowest BCUT2D eigenvalue weighted by atomic mass is 10.2. The summed E-state index contributed by atoms with van der Waals surface area (Å²) in [5.41, 5.74) is 0.739. The van der Waals surface area contributed by atoms with E-state index in [1.165, 1.54) is 11.1 Å². The fourth-order valence-corrected chi connectivity index (χ4v) is 1.46. The quantitative estimate of drug-likeness (QED) is 0.866. The largest absolute Gasteiger partial charge is 0.347 e. The highest BCUT2D eigenvalue weighted by Gasteiger charge is 2.14. The Morgan fingerprint density at radius 3 is 2.89 bits per heavy atom. The molecular weight excluding hydrogens is 230 g/mol. The van der Waals surface area contributed by atoms with Crippen molar-refractivity contribution in [1.82, 2.24) is 19.9 Å². The summed E-state index contributed by atoms with van der Waals surface area (Å²) in [6, 6.07) is 5.07. The molecule has 6 nitrogen and oxygen atoms in total. The van der Waals surface area contributed by atoms with E-state index in [0.29, 0.717) is 23.6 Å². The predicted molar refractivity (Wildman–Crippen MR) is 63.3 cm³/mol. The average Bonchev–Trinajstić information content (AvgIpc) is 2.91. The number of nitrogens with zero attached hydrogens (tertiary/aromatic N) is 4. The summed E-state index contributed by atoms with van der Waals surface area (Å²) in [4.78, 5) is 24.4. The molecule has 0 aliphatic heterocycles. The first-order chi connectivity index (χ1) is 8.70. The van der Waals surface area contributed by atoms with Crippen LogP contribution in [-0.4, -0.2) is 32.8 Å². The van der Waals surface area contributed by atoms with Gasteiger partial charge < -0.3 is 9.88 Å². The molecule has 2 rings (SSSR count). The average molecular weight is 241 g/mol. The van der Waals surface area contributed by atoms with Crippen LogP contribution in [0, 0.1) is 11.3 Å². The smallest absolute Gasteiger partial charge is 0.272 e. The Hall–Kier alpha value is -2.68. The van der Waals surface area contributed by atoms with Crippen molar-refractivity contribution in [2.75, 3.05) is 7.05 Å². The van der Waals surface area contributed by atoms with Crippen LogP contribution in [0.1, 0.15) is 21.9 Å². The van der Waals surface area contributed by atoms with Gasteiger partial charge in [-0.25, -0.2) is 9.97 Å². The molecule has 0 aliphatic carbocycles. The Bertz CT molecular complexity index is 568. The fraction of sp³-hybridized carbons (Fsp3) is 0.167. The molecule has 2 aromatic heterocycles. The molecule has 0 radical (unpaired) electrons. The van der Waals surface area contributed by atoms with Crippen LogP contribution in [0.5, 0.6) is 0 Å². The van der Waals surface area contributed by atoms with Crippen LogP contribution in [-0.2, 0) is 6.54 Å². The third-order valence-electron chi connectivity index (χ3n) is 2.40. The van der Waals surface area contributed by atoms with Crippen molar-refractivity contribution in [3.63, 3.8) is 0 Å². The Morgan fingerprint density at radius 1 is 1.50 bits per heavy atom. The number of imidazole rings is 1. The molecule has 18 heavy (non-hydrogen) atoms. The number of hydrogen-bond acceptors (Lipinski definition) is 4. The number of carbonyl (C=O) groups is 1. The minimum atomic E-state index is -0.212. The second-order valence-electron chi connectivity index (χ2n) is 3.74. The highest BCUT2D eigenvalue weighted by Crippen LogP contribution is 2.04. The van der Waals surface area contributed by atoms with Crippen LogP contribution in [0.4, 0.5) is 0 Å². The molecule has 1 amide bonds. The fourth-order valence-electron chi connectivity index (χ4n) is 1.46. The first-order valence-corrected chi connectivity index (χ1v) is 5.30. The summed E-state index contributed by atoms with van der Waals surface area (Å²) in [6.45, 7) is 0.382.